The minimum absolute atomic E-state index is 0.0499. The minimum Gasteiger partial charge on any atom is -0.494 e. The summed E-state index contributed by atoms with van der Waals surface area (Å²) in [5, 5.41) is 6.12. The van der Waals surface area contributed by atoms with Gasteiger partial charge in [-0.25, -0.2) is 0 Å². The van der Waals surface area contributed by atoms with E-state index in [0.717, 1.165) is 44.8 Å². The number of nitrogens with zero attached hydrogens (tertiary/aromatic N) is 2. The Labute approximate surface area is 231 Å². The van der Waals surface area contributed by atoms with Crippen LogP contribution in [0.4, 0.5) is 0 Å². The fourth-order valence-electron chi connectivity index (χ4n) is 4.90. The molecule has 2 N–H and O–H groups in total. The lowest BCUT2D eigenvalue weighted by Crippen LogP contribution is -2.50. The summed E-state index contributed by atoms with van der Waals surface area (Å²) in [6.45, 7) is 8.47. The Morgan fingerprint density at radius 1 is 1.10 bits per heavy atom. The lowest BCUT2D eigenvalue weighted by molar-refractivity contribution is -0.124. The van der Waals surface area contributed by atoms with Crippen molar-refractivity contribution in [2.24, 2.45) is 5.92 Å². The van der Waals surface area contributed by atoms with Crippen LogP contribution in [0.3, 0.4) is 0 Å². The largest absolute Gasteiger partial charge is 0.494 e. The Balaban J connectivity index is 1.25. The van der Waals surface area contributed by atoms with Crippen LogP contribution in [0.1, 0.15) is 49.0 Å². The topological polar surface area (TPSA) is 92.4 Å². The van der Waals surface area contributed by atoms with E-state index in [9.17, 15) is 9.59 Å². The molecule has 1 fully saturated rings. The molecule has 0 aliphatic carbocycles. The summed E-state index contributed by atoms with van der Waals surface area (Å²) >= 11 is 0. The van der Waals surface area contributed by atoms with Crippen LogP contribution >= 0.6 is 0 Å². The maximum Gasteiger partial charge on any atom is 0.252 e. The molecule has 2 heterocycles. The molecule has 2 atom stereocenters. The van der Waals surface area contributed by atoms with Crippen LogP contribution in [0.15, 0.2) is 42.5 Å². The van der Waals surface area contributed by atoms with Crippen molar-refractivity contribution in [3.8, 4) is 17.2 Å². The molecule has 0 bridgehead atoms. The third kappa shape index (κ3) is 8.60. The Morgan fingerprint density at radius 2 is 1.87 bits per heavy atom. The van der Waals surface area contributed by atoms with Gasteiger partial charge in [0, 0.05) is 37.8 Å². The maximum atomic E-state index is 13.2. The van der Waals surface area contributed by atoms with E-state index in [1.54, 1.807) is 18.2 Å². The second-order valence-corrected chi connectivity index (χ2v) is 11.1. The van der Waals surface area contributed by atoms with Gasteiger partial charge in [-0.1, -0.05) is 26.0 Å². The lowest BCUT2D eigenvalue weighted by atomic mass is 10.0. The third-order valence-corrected chi connectivity index (χ3v) is 6.93. The van der Waals surface area contributed by atoms with Gasteiger partial charge in [0.25, 0.3) is 5.91 Å². The highest BCUT2D eigenvalue weighted by Gasteiger charge is 2.29. The number of hydrogen-bond acceptors (Lipinski definition) is 7. The van der Waals surface area contributed by atoms with E-state index in [-0.39, 0.29) is 30.6 Å². The smallest absolute Gasteiger partial charge is 0.252 e. The first-order valence-corrected chi connectivity index (χ1v) is 13.9. The van der Waals surface area contributed by atoms with Crippen molar-refractivity contribution in [3.63, 3.8) is 0 Å². The first-order valence-electron chi connectivity index (χ1n) is 13.9. The molecule has 0 unspecified atom stereocenters. The van der Waals surface area contributed by atoms with Gasteiger partial charge in [0.15, 0.2) is 11.5 Å². The Hall–Kier alpha value is -3.30. The number of carbonyl (C=O) groups excluding carboxylic acids is 2. The molecule has 2 aliphatic heterocycles. The number of rotatable bonds is 13. The quantitative estimate of drug-likeness (QED) is 0.378. The highest BCUT2D eigenvalue weighted by molar-refractivity contribution is 5.98. The third-order valence-electron chi connectivity index (χ3n) is 6.93. The van der Waals surface area contributed by atoms with Crippen molar-refractivity contribution in [2.75, 3.05) is 47.1 Å². The van der Waals surface area contributed by atoms with E-state index >= 15 is 0 Å². The zero-order valence-electron chi connectivity index (χ0n) is 23.6. The molecule has 9 nitrogen and oxygen atoms in total. The van der Waals surface area contributed by atoms with Crippen LogP contribution in [0.5, 0.6) is 17.2 Å². The Morgan fingerprint density at radius 3 is 2.62 bits per heavy atom. The molecular formula is C30H42N4O5. The molecule has 0 radical (unpaired) electrons. The molecule has 4 rings (SSSR count). The van der Waals surface area contributed by atoms with E-state index < -0.39 is 6.04 Å². The van der Waals surface area contributed by atoms with Gasteiger partial charge < -0.3 is 29.7 Å². The predicted octanol–water partition coefficient (Wildman–Crippen LogP) is 3.28. The van der Waals surface area contributed by atoms with E-state index in [1.807, 2.05) is 26.0 Å². The van der Waals surface area contributed by atoms with Crippen LogP contribution in [0, 0.1) is 5.92 Å². The van der Waals surface area contributed by atoms with Crippen LogP contribution in [-0.4, -0.2) is 80.8 Å². The van der Waals surface area contributed by atoms with Crippen LogP contribution in [-0.2, 0) is 11.3 Å². The molecule has 0 aromatic heterocycles. The summed E-state index contributed by atoms with van der Waals surface area (Å²) in [5.74, 6) is 1.86. The monoisotopic (exact) mass is 538 g/mol. The molecule has 9 heteroatoms. The normalized spacial score (nSPS) is 17.4. The number of nitrogens with one attached hydrogen (secondary N) is 2. The SMILES string of the molecule is CC(C)C[C@H](NC(=O)c1ccc2c(c1)OCO2)C(=O)N[C@H]1CCN(Cc2ccc(OCCCN(C)C)cc2)C1. The fraction of sp³-hybridized carbons (Fsp3) is 0.533. The number of ether oxygens (including phenoxy) is 3. The second-order valence-electron chi connectivity index (χ2n) is 11.1. The highest BCUT2D eigenvalue weighted by atomic mass is 16.7. The molecule has 2 aliphatic rings. The summed E-state index contributed by atoms with van der Waals surface area (Å²) in [5.41, 5.74) is 1.66. The van der Waals surface area contributed by atoms with Gasteiger partial charge in [0.1, 0.15) is 11.8 Å². The number of benzene rings is 2. The van der Waals surface area contributed by atoms with Gasteiger partial charge >= 0.3 is 0 Å². The molecule has 2 aromatic rings. The average molecular weight is 539 g/mol. The summed E-state index contributed by atoms with van der Waals surface area (Å²) in [4.78, 5) is 30.7. The lowest BCUT2D eigenvalue weighted by Gasteiger charge is -2.23. The van der Waals surface area contributed by atoms with E-state index in [4.69, 9.17) is 14.2 Å². The standard InChI is InChI=1S/C30H42N4O5/c1-21(2)16-26(32-29(35)23-8-11-27-28(17-23)39-20-38-27)30(36)31-24-12-14-34(19-24)18-22-6-9-25(10-7-22)37-15-5-13-33(3)4/h6-11,17,21,24,26H,5,12-16,18-20H2,1-4H3,(H,31,36)(H,32,35)/t24-,26-/m0/s1. The predicted molar refractivity (Wildman–Crippen MR) is 150 cm³/mol. The number of likely N-dealkylation sites (tertiary alicyclic amines) is 1. The average Bonchev–Trinajstić information content (AvgIpc) is 3.55. The summed E-state index contributed by atoms with van der Waals surface area (Å²) in [6, 6.07) is 12.8. The molecule has 1 saturated heterocycles. The van der Waals surface area contributed by atoms with Crippen molar-refractivity contribution < 1.29 is 23.8 Å². The van der Waals surface area contributed by atoms with Gasteiger partial charge in [-0.05, 0) is 75.2 Å². The van der Waals surface area contributed by atoms with Crippen molar-refractivity contribution >= 4 is 11.8 Å². The molecule has 2 aromatic carbocycles. The molecule has 0 saturated carbocycles. The molecule has 2 amide bonds. The van der Waals surface area contributed by atoms with Crippen molar-refractivity contribution in [1.82, 2.24) is 20.4 Å². The van der Waals surface area contributed by atoms with Crippen LogP contribution in [0.25, 0.3) is 0 Å². The minimum atomic E-state index is -0.609. The summed E-state index contributed by atoms with van der Waals surface area (Å²) in [6.07, 6.45) is 2.43. The molecular weight excluding hydrogens is 496 g/mol. The number of fused-ring (bicyclic) bond motifs is 1. The Bertz CT molecular complexity index is 1110. The number of carbonyl (C=O) groups is 2. The van der Waals surface area contributed by atoms with Crippen molar-refractivity contribution in [1.29, 1.82) is 0 Å². The molecule has 212 valence electrons. The van der Waals surface area contributed by atoms with Crippen LogP contribution in [0.2, 0.25) is 0 Å². The van der Waals surface area contributed by atoms with Crippen molar-refractivity contribution in [3.05, 3.63) is 53.6 Å². The summed E-state index contributed by atoms with van der Waals surface area (Å²) in [7, 11) is 4.13. The zero-order valence-corrected chi connectivity index (χ0v) is 23.6. The fourth-order valence-corrected chi connectivity index (χ4v) is 4.90. The number of hydrogen-bond donors (Lipinski definition) is 2. The van der Waals surface area contributed by atoms with Gasteiger partial charge in [-0.3, -0.25) is 14.5 Å². The van der Waals surface area contributed by atoms with Gasteiger partial charge in [0.05, 0.1) is 6.61 Å². The zero-order chi connectivity index (χ0) is 27.8. The van der Waals surface area contributed by atoms with Gasteiger partial charge in [-0.15, -0.1) is 0 Å². The van der Waals surface area contributed by atoms with E-state index in [0.29, 0.717) is 30.1 Å². The van der Waals surface area contributed by atoms with E-state index in [1.165, 1.54) is 5.56 Å². The van der Waals surface area contributed by atoms with Crippen molar-refractivity contribution in [2.45, 2.75) is 51.7 Å². The molecule has 0 spiro atoms. The highest BCUT2D eigenvalue weighted by Crippen LogP contribution is 2.32. The Kier molecular flexibility index (Phi) is 10.1. The first-order chi connectivity index (χ1) is 18.8. The molecule has 39 heavy (non-hydrogen) atoms. The van der Waals surface area contributed by atoms with Gasteiger partial charge in [0.2, 0.25) is 12.7 Å². The first kappa shape index (κ1) is 28.7. The van der Waals surface area contributed by atoms with Gasteiger partial charge in [-0.2, -0.15) is 0 Å². The van der Waals surface area contributed by atoms with E-state index in [2.05, 4.69) is 46.7 Å². The number of amides is 2. The summed E-state index contributed by atoms with van der Waals surface area (Å²) < 4.78 is 16.6. The van der Waals surface area contributed by atoms with Crippen LogP contribution < -0.4 is 24.8 Å². The maximum absolute atomic E-state index is 13.2. The second kappa shape index (κ2) is 13.7.